The molecule has 0 radical (unpaired) electrons. The van der Waals surface area contributed by atoms with Gasteiger partial charge >= 0.3 is 0 Å². The van der Waals surface area contributed by atoms with E-state index in [2.05, 4.69) is 56.0 Å². The molecule has 2 aromatic carbocycles. The van der Waals surface area contributed by atoms with E-state index in [1.165, 1.54) is 5.56 Å². The number of rotatable bonds is 6. The van der Waals surface area contributed by atoms with Crippen LogP contribution in [0, 0.1) is 5.92 Å². The van der Waals surface area contributed by atoms with Crippen molar-refractivity contribution >= 4 is 0 Å². The van der Waals surface area contributed by atoms with Crippen LogP contribution < -0.4 is 18.9 Å². The molecule has 2 aliphatic heterocycles. The van der Waals surface area contributed by atoms with Gasteiger partial charge in [-0.05, 0) is 43.8 Å². The summed E-state index contributed by atoms with van der Waals surface area (Å²) in [6, 6.07) is 12.5. The van der Waals surface area contributed by atoms with Crippen molar-refractivity contribution in [3.63, 3.8) is 0 Å². The summed E-state index contributed by atoms with van der Waals surface area (Å²) >= 11 is 0. The first-order chi connectivity index (χ1) is 13.7. The van der Waals surface area contributed by atoms with Crippen LogP contribution in [0.25, 0.3) is 0 Å². The average Bonchev–Trinajstić information content (AvgIpc) is 3.16. The van der Waals surface area contributed by atoms with Crippen molar-refractivity contribution in [1.29, 1.82) is 0 Å². The number of hydrogen-bond donors (Lipinski definition) is 0. The minimum Gasteiger partial charge on any atom is -0.494 e. The van der Waals surface area contributed by atoms with Gasteiger partial charge in [0.05, 0.1) is 6.61 Å². The van der Waals surface area contributed by atoms with Crippen molar-refractivity contribution in [3.05, 3.63) is 47.5 Å². The zero-order chi connectivity index (χ0) is 19.7. The molecule has 5 nitrogen and oxygen atoms in total. The highest BCUT2D eigenvalue weighted by Crippen LogP contribution is 2.49. The van der Waals surface area contributed by atoms with Crippen molar-refractivity contribution in [2.24, 2.45) is 5.92 Å². The van der Waals surface area contributed by atoms with Gasteiger partial charge in [0, 0.05) is 23.5 Å². The largest absolute Gasteiger partial charge is 0.494 e. The summed E-state index contributed by atoms with van der Waals surface area (Å²) in [4.78, 5) is 2.37. The first-order valence-corrected chi connectivity index (χ1v) is 10.2. The predicted molar refractivity (Wildman–Crippen MR) is 109 cm³/mol. The lowest BCUT2D eigenvalue weighted by Gasteiger charge is -2.43. The van der Waals surface area contributed by atoms with Crippen molar-refractivity contribution in [3.8, 4) is 23.0 Å². The second-order valence-electron chi connectivity index (χ2n) is 7.31. The molecule has 0 spiro atoms. The second kappa shape index (κ2) is 7.92. The van der Waals surface area contributed by atoms with Gasteiger partial charge in [-0.25, -0.2) is 0 Å². The number of benzene rings is 2. The van der Waals surface area contributed by atoms with Crippen LogP contribution in [0.3, 0.4) is 0 Å². The third-order valence-electron chi connectivity index (χ3n) is 5.79. The van der Waals surface area contributed by atoms with Crippen molar-refractivity contribution in [2.75, 3.05) is 26.5 Å². The van der Waals surface area contributed by atoms with Crippen LogP contribution in [-0.4, -0.2) is 37.6 Å². The van der Waals surface area contributed by atoms with E-state index in [0.717, 1.165) is 41.7 Å². The van der Waals surface area contributed by atoms with Gasteiger partial charge in [-0.3, -0.25) is 4.90 Å². The molecular weight excluding hydrogens is 354 g/mol. The molecule has 0 aliphatic carbocycles. The maximum Gasteiger partial charge on any atom is 0.231 e. The summed E-state index contributed by atoms with van der Waals surface area (Å²) in [6.07, 6.45) is 0.0134. The van der Waals surface area contributed by atoms with Gasteiger partial charge in [0.2, 0.25) is 6.79 Å². The summed E-state index contributed by atoms with van der Waals surface area (Å²) in [5.74, 6) is 3.84. The number of nitrogens with zero attached hydrogens (tertiary/aromatic N) is 1. The SMILES string of the molecule is CCOc1ccc(C2c3cc4c(cc3OC(N(CC)CC)C2C)OCO4)cc1. The van der Waals surface area contributed by atoms with Crippen molar-refractivity contribution < 1.29 is 18.9 Å². The fraction of sp³-hybridized carbons (Fsp3) is 0.478. The molecule has 3 unspecified atom stereocenters. The average molecular weight is 383 g/mol. The van der Waals surface area contributed by atoms with E-state index in [-0.39, 0.29) is 24.9 Å². The fourth-order valence-electron chi connectivity index (χ4n) is 4.38. The molecule has 0 saturated carbocycles. The van der Waals surface area contributed by atoms with Crippen LogP contribution in [0.1, 0.15) is 44.7 Å². The number of fused-ring (bicyclic) bond motifs is 2. The van der Waals surface area contributed by atoms with Crippen LogP contribution in [0.15, 0.2) is 36.4 Å². The van der Waals surface area contributed by atoms with Gasteiger partial charge in [0.25, 0.3) is 0 Å². The predicted octanol–water partition coefficient (Wildman–Crippen LogP) is 4.64. The Morgan fingerprint density at radius 2 is 1.64 bits per heavy atom. The Morgan fingerprint density at radius 3 is 2.29 bits per heavy atom. The lowest BCUT2D eigenvalue weighted by Crippen LogP contribution is -2.48. The molecule has 2 aliphatic rings. The quantitative estimate of drug-likeness (QED) is 0.727. The van der Waals surface area contributed by atoms with Gasteiger partial charge < -0.3 is 18.9 Å². The van der Waals surface area contributed by atoms with Crippen LogP contribution in [0.2, 0.25) is 0 Å². The molecule has 28 heavy (non-hydrogen) atoms. The zero-order valence-corrected chi connectivity index (χ0v) is 17.1. The minimum absolute atomic E-state index is 0.0134. The molecule has 3 atom stereocenters. The third-order valence-corrected chi connectivity index (χ3v) is 5.79. The van der Waals surface area contributed by atoms with Crippen molar-refractivity contribution in [1.82, 2.24) is 4.90 Å². The Labute approximate surface area is 167 Å². The maximum atomic E-state index is 6.49. The van der Waals surface area contributed by atoms with E-state index in [1.54, 1.807) is 0 Å². The maximum absolute atomic E-state index is 6.49. The Kier molecular flexibility index (Phi) is 5.36. The zero-order valence-electron chi connectivity index (χ0n) is 17.1. The molecule has 0 amide bonds. The smallest absolute Gasteiger partial charge is 0.231 e. The molecule has 2 aromatic rings. The van der Waals surface area contributed by atoms with Gasteiger partial charge in [-0.15, -0.1) is 0 Å². The Morgan fingerprint density at radius 1 is 0.964 bits per heavy atom. The Balaban J connectivity index is 1.78. The topological polar surface area (TPSA) is 40.2 Å². The number of ether oxygens (including phenoxy) is 4. The summed E-state index contributed by atoms with van der Waals surface area (Å²) in [6.45, 7) is 11.5. The summed E-state index contributed by atoms with van der Waals surface area (Å²) < 4.78 is 23.4. The summed E-state index contributed by atoms with van der Waals surface area (Å²) in [5.41, 5.74) is 2.42. The van der Waals surface area contributed by atoms with E-state index in [4.69, 9.17) is 18.9 Å². The van der Waals surface area contributed by atoms with Gasteiger partial charge in [-0.2, -0.15) is 0 Å². The normalized spacial score (nSPS) is 22.7. The summed E-state index contributed by atoms with van der Waals surface area (Å²) in [5, 5.41) is 0. The monoisotopic (exact) mass is 383 g/mol. The molecule has 0 aromatic heterocycles. The molecule has 5 heteroatoms. The third kappa shape index (κ3) is 3.28. The molecule has 4 rings (SSSR count). The lowest BCUT2D eigenvalue weighted by atomic mass is 9.78. The van der Waals surface area contributed by atoms with E-state index in [9.17, 15) is 0 Å². The first kappa shape index (κ1) is 18.9. The van der Waals surface area contributed by atoms with Gasteiger partial charge in [0.15, 0.2) is 17.7 Å². The van der Waals surface area contributed by atoms with Crippen LogP contribution in [0.4, 0.5) is 0 Å². The standard InChI is InChI=1S/C23H29NO4/c1-5-24(6-2)23-15(4)22(16-8-10-17(11-9-16)25-7-3)18-12-20-21(27-14-26-20)13-19(18)28-23/h8-13,15,22-23H,5-7,14H2,1-4H3. The number of hydrogen-bond acceptors (Lipinski definition) is 5. The van der Waals surface area contributed by atoms with Crippen molar-refractivity contribution in [2.45, 2.75) is 39.8 Å². The van der Waals surface area contributed by atoms with Crippen LogP contribution in [-0.2, 0) is 0 Å². The van der Waals surface area contributed by atoms with Crippen LogP contribution in [0.5, 0.6) is 23.0 Å². The van der Waals surface area contributed by atoms with E-state index in [0.29, 0.717) is 6.61 Å². The highest BCUT2D eigenvalue weighted by atomic mass is 16.7. The molecule has 0 N–H and O–H groups in total. The Hall–Kier alpha value is -2.40. The van der Waals surface area contributed by atoms with E-state index >= 15 is 0 Å². The summed E-state index contributed by atoms with van der Waals surface area (Å²) in [7, 11) is 0. The highest BCUT2D eigenvalue weighted by Gasteiger charge is 2.40. The lowest BCUT2D eigenvalue weighted by molar-refractivity contribution is -0.0257. The van der Waals surface area contributed by atoms with Crippen LogP contribution >= 0.6 is 0 Å². The van der Waals surface area contributed by atoms with E-state index in [1.807, 2.05) is 13.0 Å². The molecular formula is C23H29NO4. The highest BCUT2D eigenvalue weighted by molar-refractivity contribution is 5.56. The minimum atomic E-state index is 0.0134. The Bertz CT molecular complexity index is 816. The molecule has 0 saturated heterocycles. The molecule has 2 heterocycles. The second-order valence-corrected chi connectivity index (χ2v) is 7.31. The molecule has 0 fully saturated rings. The fourth-order valence-corrected chi connectivity index (χ4v) is 4.38. The van der Waals surface area contributed by atoms with Gasteiger partial charge in [0.1, 0.15) is 11.5 Å². The van der Waals surface area contributed by atoms with E-state index < -0.39 is 0 Å². The molecule has 0 bridgehead atoms. The van der Waals surface area contributed by atoms with Gasteiger partial charge in [-0.1, -0.05) is 32.9 Å². The molecule has 150 valence electrons. The first-order valence-electron chi connectivity index (χ1n) is 10.2.